The van der Waals surface area contributed by atoms with E-state index in [1.807, 2.05) is 31.2 Å². The summed E-state index contributed by atoms with van der Waals surface area (Å²) in [5.41, 5.74) is 3.41. The minimum Gasteiger partial charge on any atom is -0.482 e. The summed E-state index contributed by atoms with van der Waals surface area (Å²) in [5, 5.41) is 9.79. The molecule has 3 rings (SSSR count). The predicted molar refractivity (Wildman–Crippen MR) is 123 cm³/mol. The van der Waals surface area contributed by atoms with Crippen molar-refractivity contribution < 1.29 is 19.1 Å². The Balaban J connectivity index is 1.78. The van der Waals surface area contributed by atoms with E-state index in [0.29, 0.717) is 33.7 Å². The van der Waals surface area contributed by atoms with Gasteiger partial charge in [0.25, 0.3) is 0 Å². The lowest BCUT2D eigenvalue weighted by Crippen LogP contribution is -2.10. The first kappa shape index (κ1) is 22.9. The number of benzene rings is 2. The summed E-state index contributed by atoms with van der Waals surface area (Å²) in [6.07, 6.45) is 4.60. The summed E-state index contributed by atoms with van der Waals surface area (Å²) in [4.78, 5) is 15.3. The van der Waals surface area contributed by atoms with Crippen molar-refractivity contribution >= 4 is 35.2 Å². The van der Waals surface area contributed by atoms with Gasteiger partial charge in [-0.05, 0) is 48.4 Å². The van der Waals surface area contributed by atoms with Crippen LogP contribution in [0, 0.1) is 6.92 Å². The number of halogens is 2. The molecule has 5 nitrogen and oxygen atoms in total. The van der Waals surface area contributed by atoms with Crippen molar-refractivity contribution in [1.82, 2.24) is 4.98 Å². The van der Waals surface area contributed by atoms with Gasteiger partial charge in [-0.25, -0.2) is 9.78 Å². The Morgan fingerprint density at radius 3 is 2.65 bits per heavy atom. The van der Waals surface area contributed by atoms with Crippen LogP contribution in [0.5, 0.6) is 5.75 Å². The number of aromatic nitrogens is 1. The lowest BCUT2D eigenvalue weighted by molar-refractivity contribution is -0.139. The number of carboxylic acid groups (broad SMARTS) is 1. The van der Waals surface area contributed by atoms with E-state index >= 15 is 0 Å². The van der Waals surface area contributed by atoms with Gasteiger partial charge in [-0.2, -0.15) is 0 Å². The molecule has 3 aromatic rings. The number of hydrogen-bond donors (Lipinski definition) is 1. The molecule has 1 N–H and O–H groups in total. The molecule has 2 aromatic carbocycles. The largest absolute Gasteiger partial charge is 0.482 e. The van der Waals surface area contributed by atoms with E-state index in [9.17, 15) is 4.79 Å². The van der Waals surface area contributed by atoms with Gasteiger partial charge < -0.3 is 14.3 Å². The van der Waals surface area contributed by atoms with Crippen LogP contribution < -0.4 is 4.74 Å². The molecule has 0 unspecified atom stereocenters. The zero-order valence-corrected chi connectivity index (χ0v) is 19.0. The molecule has 1 aromatic heterocycles. The van der Waals surface area contributed by atoms with Gasteiger partial charge in [0.1, 0.15) is 11.5 Å². The molecule has 0 aliphatic rings. The van der Waals surface area contributed by atoms with E-state index in [4.69, 9.17) is 37.5 Å². The second kappa shape index (κ2) is 10.0. The van der Waals surface area contributed by atoms with Crippen molar-refractivity contribution in [1.29, 1.82) is 0 Å². The van der Waals surface area contributed by atoms with Crippen LogP contribution in [0.15, 0.2) is 46.9 Å². The molecule has 1 heterocycles. The minimum absolute atomic E-state index is 0.170. The number of aryl methyl sites for hydroxylation is 1. The van der Waals surface area contributed by atoms with E-state index in [-0.39, 0.29) is 12.5 Å². The number of allylic oxidation sites excluding steroid dienone is 1. The first-order valence-corrected chi connectivity index (χ1v) is 10.6. The Bertz CT molecular complexity index is 1120. The number of oxazole rings is 1. The summed E-state index contributed by atoms with van der Waals surface area (Å²) < 4.78 is 11.3. The monoisotopic (exact) mass is 459 g/mol. The lowest BCUT2D eigenvalue weighted by atomic mass is 10.1. The highest BCUT2D eigenvalue weighted by molar-refractivity contribution is 6.36. The molecule has 31 heavy (non-hydrogen) atoms. The van der Waals surface area contributed by atoms with Crippen LogP contribution in [-0.2, 0) is 11.2 Å². The second-order valence-electron chi connectivity index (χ2n) is 7.42. The number of nitrogens with zero attached hydrogens (tertiary/aromatic N) is 1. The van der Waals surface area contributed by atoms with Crippen LogP contribution in [0.25, 0.3) is 17.5 Å². The molecular weight excluding hydrogens is 437 g/mol. The van der Waals surface area contributed by atoms with Gasteiger partial charge in [-0.15, -0.1) is 0 Å². The summed E-state index contributed by atoms with van der Waals surface area (Å²) in [7, 11) is 0. The first-order valence-electron chi connectivity index (χ1n) is 9.81. The maximum atomic E-state index is 10.7. The second-order valence-corrected chi connectivity index (χ2v) is 8.27. The molecule has 162 valence electrons. The van der Waals surface area contributed by atoms with E-state index in [0.717, 1.165) is 22.6 Å². The SMILES string of the molecule is Cc1cc(C=CCc2nc(-c3ccc(Cl)cc3Cl)oc2C(C)C)ccc1OCC(=O)O. The standard InChI is InChI=1S/C24H23Cl2NO4/c1-14(2)23-20(27-24(31-23)18-9-8-17(25)12-19(18)26)6-4-5-16-7-10-21(15(3)11-16)30-13-22(28)29/h4-5,7-12,14H,6,13H2,1-3H3,(H,28,29). The third-order valence-electron chi connectivity index (χ3n) is 4.59. The van der Waals surface area contributed by atoms with E-state index in [2.05, 4.69) is 18.8 Å². The Kier molecular flexibility index (Phi) is 7.42. The fraction of sp³-hybridized carbons (Fsp3) is 0.250. The van der Waals surface area contributed by atoms with Crippen LogP contribution in [-0.4, -0.2) is 22.7 Å². The van der Waals surface area contributed by atoms with Gasteiger partial charge in [-0.3, -0.25) is 0 Å². The van der Waals surface area contributed by atoms with Crippen molar-refractivity contribution in [2.45, 2.75) is 33.1 Å². The van der Waals surface area contributed by atoms with Crippen LogP contribution in [0.3, 0.4) is 0 Å². The quantitative estimate of drug-likeness (QED) is 0.400. The number of ether oxygens (including phenoxy) is 1. The Morgan fingerprint density at radius 1 is 1.23 bits per heavy atom. The third-order valence-corrected chi connectivity index (χ3v) is 5.13. The molecule has 7 heteroatoms. The van der Waals surface area contributed by atoms with Crippen LogP contribution in [0.2, 0.25) is 10.0 Å². The fourth-order valence-corrected chi connectivity index (χ4v) is 3.61. The highest BCUT2D eigenvalue weighted by Gasteiger charge is 2.18. The summed E-state index contributed by atoms with van der Waals surface area (Å²) >= 11 is 12.3. The maximum Gasteiger partial charge on any atom is 0.341 e. The Morgan fingerprint density at radius 2 is 2.00 bits per heavy atom. The molecule has 0 atom stereocenters. The van der Waals surface area contributed by atoms with Crippen molar-refractivity contribution in [2.75, 3.05) is 6.61 Å². The highest BCUT2D eigenvalue weighted by Crippen LogP contribution is 2.33. The highest BCUT2D eigenvalue weighted by atomic mass is 35.5. The van der Waals surface area contributed by atoms with Crippen LogP contribution >= 0.6 is 23.2 Å². The van der Waals surface area contributed by atoms with Crippen molar-refractivity contribution in [3.63, 3.8) is 0 Å². The normalized spacial score (nSPS) is 11.4. The summed E-state index contributed by atoms with van der Waals surface area (Å²) in [6.45, 7) is 5.63. The molecule has 0 spiro atoms. The molecule has 0 aliphatic carbocycles. The lowest BCUT2D eigenvalue weighted by Gasteiger charge is -2.07. The molecule has 0 bridgehead atoms. The third kappa shape index (κ3) is 5.90. The molecule has 0 aliphatic heterocycles. The van der Waals surface area contributed by atoms with Crippen molar-refractivity contribution in [3.05, 3.63) is 75.1 Å². The summed E-state index contributed by atoms with van der Waals surface area (Å²) in [6, 6.07) is 10.8. The van der Waals surface area contributed by atoms with Gasteiger partial charge in [-0.1, -0.05) is 55.3 Å². The van der Waals surface area contributed by atoms with E-state index in [1.54, 1.807) is 24.3 Å². The van der Waals surface area contributed by atoms with Gasteiger partial charge in [0.15, 0.2) is 6.61 Å². The molecule has 0 fully saturated rings. The van der Waals surface area contributed by atoms with E-state index < -0.39 is 5.97 Å². The molecular formula is C24H23Cl2NO4. The van der Waals surface area contributed by atoms with Gasteiger partial charge >= 0.3 is 5.97 Å². The molecule has 0 saturated heterocycles. The van der Waals surface area contributed by atoms with Gasteiger partial charge in [0.2, 0.25) is 5.89 Å². The molecule has 0 saturated carbocycles. The topological polar surface area (TPSA) is 72.6 Å². The maximum absolute atomic E-state index is 10.7. The van der Waals surface area contributed by atoms with Crippen LogP contribution in [0.1, 0.15) is 42.3 Å². The zero-order valence-electron chi connectivity index (χ0n) is 17.5. The number of carboxylic acids is 1. The number of aliphatic carboxylic acids is 1. The van der Waals surface area contributed by atoms with Gasteiger partial charge in [0.05, 0.1) is 16.3 Å². The fourth-order valence-electron chi connectivity index (χ4n) is 3.12. The molecule has 0 radical (unpaired) electrons. The average Bonchev–Trinajstić information content (AvgIpc) is 3.11. The average molecular weight is 460 g/mol. The smallest absolute Gasteiger partial charge is 0.341 e. The van der Waals surface area contributed by atoms with Gasteiger partial charge in [0, 0.05) is 17.4 Å². The van der Waals surface area contributed by atoms with Crippen LogP contribution in [0.4, 0.5) is 0 Å². The predicted octanol–water partition coefficient (Wildman–Crippen LogP) is 6.80. The minimum atomic E-state index is -1.00. The number of hydrogen-bond acceptors (Lipinski definition) is 4. The zero-order chi connectivity index (χ0) is 22.5. The van der Waals surface area contributed by atoms with Crippen molar-refractivity contribution in [2.24, 2.45) is 0 Å². The summed E-state index contributed by atoms with van der Waals surface area (Å²) in [5.74, 6) is 1.02. The number of rotatable bonds is 8. The van der Waals surface area contributed by atoms with Crippen molar-refractivity contribution in [3.8, 4) is 17.2 Å². The molecule has 0 amide bonds. The number of carbonyl (C=O) groups is 1. The Labute approximate surface area is 191 Å². The van der Waals surface area contributed by atoms with E-state index in [1.165, 1.54) is 0 Å². The Hall–Kier alpha value is -2.76. The first-order chi connectivity index (χ1) is 14.7.